The second kappa shape index (κ2) is 10.9. The number of fused-ring (bicyclic) bond motifs is 1. The number of benzene rings is 2. The van der Waals surface area contributed by atoms with Gasteiger partial charge in [-0.2, -0.15) is 4.37 Å². The summed E-state index contributed by atoms with van der Waals surface area (Å²) in [7, 11) is 1.55. The quantitative estimate of drug-likeness (QED) is 0.198. The Labute approximate surface area is 231 Å². The number of ether oxygens (including phenoxy) is 2. The Kier molecular flexibility index (Phi) is 7.46. The van der Waals surface area contributed by atoms with Gasteiger partial charge in [-0.1, -0.05) is 42.5 Å². The number of hydrogen-bond acceptors (Lipinski definition) is 8. The van der Waals surface area contributed by atoms with Crippen LogP contribution in [0.5, 0.6) is 5.75 Å². The van der Waals surface area contributed by atoms with Gasteiger partial charge in [-0.05, 0) is 54.7 Å². The Balaban J connectivity index is 1.36. The summed E-state index contributed by atoms with van der Waals surface area (Å²) >= 11 is 4.63. The van der Waals surface area contributed by atoms with E-state index in [1.807, 2.05) is 56.3 Å². The fourth-order valence-electron chi connectivity index (χ4n) is 4.07. The second-order valence-electron chi connectivity index (χ2n) is 8.60. The Bertz CT molecular complexity index is 1590. The number of aliphatic carboxylic acids is 1. The SMILES string of the molecule is COc1cc(-c2cc3sc(-c4snc(C)c4NC(=O)O[C@H](C)c4ccccc4)cc3s2)ccc1CC(=O)O. The highest BCUT2D eigenvalue weighted by Crippen LogP contribution is 2.46. The number of carboxylic acid groups (broad SMARTS) is 1. The van der Waals surface area contributed by atoms with E-state index in [0.29, 0.717) is 17.0 Å². The molecule has 0 aliphatic rings. The van der Waals surface area contributed by atoms with Crippen molar-refractivity contribution in [3.8, 4) is 25.9 Å². The van der Waals surface area contributed by atoms with Gasteiger partial charge in [0, 0.05) is 19.8 Å². The van der Waals surface area contributed by atoms with Crippen LogP contribution in [0.4, 0.5) is 10.5 Å². The molecule has 1 amide bonds. The van der Waals surface area contributed by atoms with E-state index in [2.05, 4.69) is 21.8 Å². The number of carboxylic acids is 1. The van der Waals surface area contributed by atoms with Gasteiger partial charge < -0.3 is 14.6 Å². The fraction of sp³-hybridized carbons (Fsp3) is 0.179. The van der Waals surface area contributed by atoms with Crippen molar-refractivity contribution >= 4 is 61.4 Å². The molecular formula is C28H24N2O5S3. The molecule has 0 unspecified atom stereocenters. The summed E-state index contributed by atoms with van der Waals surface area (Å²) in [6, 6.07) is 19.4. The molecule has 1 atom stereocenters. The first kappa shape index (κ1) is 25.9. The van der Waals surface area contributed by atoms with Gasteiger partial charge in [0.2, 0.25) is 0 Å². The largest absolute Gasteiger partial charge is 0.496 e. The molecule has 5 aromatic rings. The average molecular weight is 565 g/mol. The predicted molar refractivity (Wildman–Crippen MR) is 154 cm³/mol. The van der Waals surface area contributed by atoms with Crippen molar-refractivity contribution in [3.63, 3.8) is 0 Å². The highest BCUT2D eigenvalue weighted by atomic mass is 32.1. The zero-order valence-corrected chi connectivity index (χ0v) is 23.3. The molecule has 0 saturated carbocycles. The third-order valence-electron chi connectivity index (χ3n) is 5.99. The Morgan fingerprint density at radius 3 is 2.45 bits per heavy atom. The summed E-state index contributed by atoms with van der Waals surface area (Å²) < 4.78 is 17.7. The lowest BCUT2D eigenvalue weighted by atomic mass is 10.1. The minimum Gasteiger partial charge on any atom is -0.496 e. The van der Waals surface area contributed by atoms with Gasteiger partial charge in [0.1, 0.15) is 11.9 Å². The zero-order chi connectivity index (χ0) is 26.8. The van der Waals surface area contributed by atoms with Crippen molar-refractivity contribution in [2.75, 3.05) is 12.4 Å². The maximum atomic E-state index is 12.7. The average Bonchev–Trinajstić information content (AvgIpc) is 3.58. The van der Waals surface area contributed by atoms with Crippen LogP contribution >= 0.6 is 34.2 Å². The lowest BCUT2D eigenvalue weighted by Crippen LogP contribution is -2.16. The number of nitrogens with zero attached hydrogens (tertiary/aromatic N) is 1. The predicted octanol–water partition coefficient (Wildman–Crippen LogP) is 8.01. The van der Waals surface area contributed by atoms with Crippen molar-refractivity contribution < 1.29 is 24.2 Å². The van der Waals surface area contributed by atoms with E-state index in [1.54, 1.807) is 35.8 Å². The van der Waals surface area contributed by atoms with Crippen molar-refractivity contribution in [3.05, 3.63) is 77.5 Å². The molecule has 2 N–H and O–H groups in total. The maximum Gasteiger partial charge on any atom is 0.412 e. The number of anilines is 1. The summed E-state index contributed by atoms with van der Waals surface area (Å²) in [4.78, 5) is 26.8. The van der Waals surface area contributed by atoms with Crippen LogP contribution in [0.15, 0.2) is 60.7 Å². The number of aryl methyl sites for hydroxylation is 1. The first-order valence-corrected chi connectivity index (χ1v) is 14.1. The van der Waals surface area contributed by atoms with Crippen LogP contribution in [0.3, 0.4) is 0 Å². The third-order valence-corrected chi connectivity index (χ3v) is 9.45. The van der Waals surface area contributed by atoms with Gasteiger partial charge in [0.05, 0.1) is 34.7 Å². The van der Waals surface area contributed by atoms with E-state index >= 15 is 0 Å². The molecule has 0 fully saturated rings. The Morgan fingerprint density at radius 1 is 1.03 bits per heavy atom. The van der Waals surface area contributed by atoms with Crippen molar-refractivity contribution in [2.24, 2.45) is 0 Å². The summed E-state index contributed by atoms with van der Waals surface area (Å²) in [5.74, 6) is -0.335. The number of carbonyl (C=O) groups is 2. The molecule has 5 rings (SSSR count). The van der Waals surface area contributed by atoms with E-state index in [0.717, 1.165) is 40.9 Å². The number of hydrogen-bond donors (Lipinski definition) is 2. The van der Waals surface area contributed by atoms with Gasteiger partial charge in [0.25, 0.3) is 0 Å². The molecule has 38 heavy (non-hydrogen) atoms. The smallest absolute Gasteiger partial charge is 0.412 e. The highest BCUT2D eigenvalue weighted by Gasteiger charge is 2.21. The van der Waals surface area contributed by atoms with E-state index in [1.165, 1.54) is 11.5 Å². The second-order valence-corrected chi connectivity index (χ2v) is 11.5. The summed E-state index contributed by atoms with van der Waals surface area (Å²) in [5, 5.41) is 12.0. The van der Waals surface area contributed by atoms with E-state index < -0.39 is 12.1 Å². The Morgan fingerprint density at radius 2 is 1.74 bits per heavy atom. The molecule has 10 heteroatoms. The highest BCUT2D eigenvalue weighted by molar-refractivity contribution is 7.32. The zero-order valence-electron chi connectivity index (χ0n) is 20.8. The number of rotatable bonds is 8. The molecule has 3 heterocycles. The molecule has 0 radical (unpaired) electrons. The molecule has 2 aromatic carbocycles. The molecule has 0 bridgehead atoms. The molecule has 194 valence electrons. The third kappa shape index (κ3) is 5.42. The van der Waals surface area contributed by atoms with Gasteiger partial charge in [0.15, 0.2) is 0 Å². The molecule has 7 nitrogen and oxygen atoms in total. The number of aromatic nitrogens is 1. The van der Waals surface area contributed by atoms with Crippen LogP contribution in [0.2, 0.25) is 0 Å². The van der Waals surface area contributed by atoms with Crippen LogP contribution in [0.1, 0.15) is 29.8 Å². The van der Waals surface area contributed by atoms with Crippen molar-refractivity contribution in [2.45, 2.75) is 26.4 Å². The first-order valence-electron chi connectivity index (χ1n) is 11.7. The molecular weight excluding hydrogens is 541 g/mol. The van der Waals surface area contributed by atoms with Crippen LogP contribution in [0, 0.1) is 6.92 Å². The monoisotopic (exact) mass is 564 g/mol. The summed E-state index contributed by atoms with van der Waals surface area (Å²) in [6.45, 7) is 3.71. The standard InChI is InChI=1S/C28H24N2O5S3/c1-15-26(29-28(33)35-16(2)17-7-5-4-6-8-17)27(38-30-15)24-14-23-22(37-24)13-21(36-23)19-10-9-18(12-25(31)32)20(11-19)34-3/h4-11,13-14,16H,12H2,1-3H3,(H,29,33)(H,31,32)/t16-/m1/s1. The van der Waals surface area contributed by atoms with Crippen LogP contribution in [-0.2, 0) is 16.0 Å². The topological polar surface area (TPSA) is 97.8 Å². The minimum absolute atomic E-state index is 0.0876. The molecule has 0 spiro atoms. The first-order chi connectivity index (χ1) is 18.3. The maximum absolute atomic E-state index is 12.7. The van der Waals surface area contributed by atoms with Crippen LogP contribution in [-0.4, -0.2) is 28.7 Å². The minimum atomic E-state index is -0.897. The van der Waals surface area contributed by atoms with Crippen molar-refractivity contribution in [1.29, 1.82) is 0 Å². The van der Waals surface area contributed by atoms with Gasteiger partial charge in [-0.3, -0.25) is 10.1 Å². The van der Waals surface area contributed by atoms with Crippen LogP contribution < -0.4 is 10.1 Å². The number of thiophene rings is 2. The molecule has 0 aliphatic carbocycles. The molecule has 3 aromatic heterocycles. The fourth-order valence-corrected chi connectivity index (χ4v) is 7.40. The normalized spacial score (nSPS) is 11.9. The van der Waals surface area contributed by atoms with Gasteiger partial charge >= 0.3 is 12.1 Å². The van der Waals surface area contributed by atoms with E-state index in [4.69, 9.17) is 14.6 Å². The van der Waals surface area contributed by atoms with Crippen molar-refractivity contribution in [1.82, 2.24) is 4.37 Å². The number of methoxy groups -OCH3 is 1. The number of amides is 1. The summed E-state index contributed by atoms with van der Waals surface area (Å²) in [6.07, 6.45) is -0.990. The number of nitrogens with one attached hydrogen (secondary N) is 1. The lowest BCUT2D eigenvalue weighted by Gasteiger charge is -2.14. The lowest BCUT2D eigenvalue weighted by molar-refractivity contribution is -0.136. The van der Waals surface area contributed by atoms with E-state index in [-0.39, 0.29) is 12.5 Å². The van der Waals surface area contributed by atoms with E-state index in [9.17, 15) is 9.59 Å². The number of carbonyl (C=O) groups excluding carboxylic acids is 1. The van der Waals surface area contributed by atoms with Crippen LogP contribution in [0.25, 0.3) is 29.6 Å². The van der Waals surface area contributed by atoms with Gasteiger partial charge in [-0.25, -0.2) is 4.79 Å². The Hall–Kier alpha value is -3.73. The molecule has 0 saturated heterocycles. The summed E-state index contributed by atoms with van der Waals surface area (Å²) in [5.41, 5.74) is 3.93. The molecule has 0 aliphatic heterocycles. The van der Waals surface area contributed by atoms with Gasteiger partial charge in [-0.15, -0.1) is 22.7 Å².